The van der Waals surface area contributed by atoms with Crippen molar-refractivity contribution in [1.82, 2.24) is 0 Å². The largest absolute Gasteiger partial charge is 0.504 e. The Bertz CT molecular complexity index is 726. The van der Waals surface area contributed by atoms with Gasteiger partial charge in [0.2, 0.25) is 0 Å². The molecule has 3 rings (SSSR count). The standard InChI is InChI=1S/C19H21NO3/c1-23-17-10-4-7-15(18(17)21)12-20-13-19(22)11-5-8-14-6-2-3-9-16(14)19/h2-4,6-7,9-10,12,21-22H,5,8,11,13H2,1H3. The number of ether oxygens (including phenoxy) is 1. The Balaban J connectivity index is 1.81. The molecule has 1 aliphatic rings. The van der Waals surface area contributed by atoms with Crippen LogP contribution in [0.5, 0.6) is 11.5 Å². The minimum Gasteiger partial charge on any atom is -0.504 e. The van der Waals surface area contributed by atoms with Crippen molar-refractivity contribution in [2.45, 2.75) is 24.9 Å². The van der Waals surface area contributed by atoms with Gasteiger partial charge in [-0.05, 0) is 42.5 Å². The van der Waals surface area contributed by atoms with Crippen molar-refractivity contribution in [3.05, 3.63) is 59.2 Å². The highest BCUT2D eigenvalue weighted by atomic mass is 16.5. The number of methoxy groups -OCH3 is 1. The number of aliphatic hydroxyl groups is 1. The van der Waals surface area contributed by atoms with Gasteiger partial charge in [-0.25, -0.2) is 0 Å². The summed E-state index contributed by atoms with van der Waals surface area (Å²) in [5.41, 5.74) is 1.82. The molecule has 1 aliphatic carbocycles. The van der Waals surface area contributed by atoms with E-state index in [-0.39, 0.29) is 12.3 Å². The van der Waals surface area contributed by atoms with E-state index >= 15 is 0 Å². The third kappa shape index (κ3) is 3.08. The van der Waals surface area contributed by atoms with Gasteiger partial charge in [-0.2, -0.15) is 0 Å². The van der Waals surface area contributed by atoms with Crippen LogP contribution in [0.3, 0.4) is 0 Å². The molecule has 120 valence electrons. The predicted molar refractivity (Wildman–Crippen MR) is 90.4 cm³/mol. The van der Waals surface area contributed by atoms with Crippen LogP contribution < -0.4 is 4.74 Å². The molecular weight excluding hydrogens is 290 g/mol. The molecule has 0 saturated carbocycles. The van der Waals surface area contributed by atoms with Crippen molar-refractivity contribution in [3.8, 4) is 11.5 Å². The summed E-state index contributed by atoms with van der Waals surface area (Å²) < 4.78 is 5.09. The Morgan fingerprint density at radius 3 is 2.87 bits per heavy atom. The number of hydrogen-bond acceptors (Lipinski definition) is 4. The van der Waals surface area contributed by atoms with E-state index < -0.39 is 5.60 Å². The van der Waals surface area contributed by atoms with Crippen molar-refractivity contribution in [2.24, 2.45) is 4.99 Å². The van der Waals surface area contributed by atoms with Gasteiger partial charge in [0.25, 0.3) is 0 Å². The third-order valence-electron chi connectivity index (χ3n) is 4.39. The van der Waals surface area contributed by atoms with E-state index in [1.807, 2.05) is 18.2 Å². The molecule has 1 atom stereocenters. The van der Waals surface area contributed by atoms with E-state index in [2.05, 4.69) is 11.1 Å². The maximum Gasteiger partial charge on any atom is 0.166 e. The molecule has 4 heteroatoms. The topological polar surface area (TPSA) is 62.0 Å². The lowest BCUT2D eigenvalue weighted by molar-refractivity contribution is 0.0286. The predicted octanol–water partition coefficient (Wildman–Crippen LogP) is 3.04. The first-order valence-electron chi connectivity index (χ1n) is 7.80. The lowest BCUT2D eigenvalue weighted by Gasteiger charge is -2.33. The van der Waals surface area contributed by atoms with Crippen molar-refractivity contribution in [2.75, 3.05) is 13.7 Å². The number of aliphatic imine (C=N–C) groups is 1. The third-order valence-corrected chi connectivity index (χ3v) is 4.39. The summed E-state index contributed by atoms with van der Waals surface area (Å²) in [6.45, 7) is 0.278. The minimum atomic E-state index is -0.931. The van der Waals surface area contributed by atoms with Crippen LogP contribution >= 0.6 is 0 Å². The van der Waals surface area contributed by atoms with Gasteiger partial charge < -0.3 is 14.9 Å². The number of hydrogen-bond donors (Lipinski definition) is 2. The molecular formula is C19H21NO3. The van der Waals surface area contributed by atoms with Gasteiger partial charge in [0.05, 0.1) is 13.7 Å². The summed E-state index contributed by atoms with van der Waals surface area (Å²) in [7, 11) is 1.51. The molecule has 2 N–H and O–H groups in total. The zero-order chi connectivity index (χ0) is 16.3. The fourth-order valence-corrected chi connectivity index (χ4v) is 3.17. The van der Waals surface area contributed by atoms with Gasteiger partial charge in [0, 0.05) is 11.8 Å². The number of para-hydroxylation sites is 1. The number of benzene rings is 2. The monoisotopic (exact) mass is 311 g/mol. The van der Waals surface area contributed by atoms with Crippen LogP contribution in [-0.4, -0.2) is 30.1 Å². The van der Waals surface area contributed by atoms with Gasteiger partial charge in [0.15, 0.2) is 11.5 Å². The second-order valence-corrected chi connectivity index (χ2v) is 5.91. The quantitative estimate of drug-likeness (QED) is 0.853. The summed E-state index contributed by atoms with van der Waals surface area (Å²) in [6, 6.07) is 13.3. The SMILES string of the molecule is COc1cccc(C=NCC2(O)CCCc3ccccc32)c1O. The highest BCUT2D eigenvalue weighted by molar-refractivity contribution is 5.84. The number of aryl methyl sites for hydroxylation is 1. The van der Waals surface area contributed by atoms with Gasteiger partial charge in [-0.15, -0.1) is 0 Å². The highest BCUT2D eigenvalue weighted by Gasteiger charge is 2.33. The van der Waals surface area contributed by atoms with Crippen LogP contribution in [0.15, 0.2) is 47.5 Å². The first kappa shape index (κ1) is 15.6. The molecule has 4 nitrogen and oxygen atoms in total. The summed E-state index contributed by atoms with van der Waals surface area (Å²) in [5, 5.41) is 21.0. The Morgan fingerprint density at radius 1 is 1.22 bits per heavy atom. The highest BCUT2D eigenvalue weighted by Crippen LogP contribution is 2.35. The summed E-state index contributed by atoms with van der Waals surface area (Å²) in [6.07, 6.45) is 4.24. The molecule has 23 heavy (non-hydrogen) atoms. The maximum absolute atomic E-state index is 11.0. The molecule has 2 aromatic carbocycles. The Morgan fingerprint density at radius 2 is 2.04 bits per heavy atom. The van der Waals surface area contributed by atoms with E-state index in [4.69, 9.17) is 4.74 Å². The molecule has 0 fully saturated rings. The van der Waals surface area contributed by atoms with E-state index in [9.17, 15) is 10.2 Å². The van der Waals surface area contributed by atoms with Crippen LogP contribution in [0.1, 0.15) is 29.5 Å². The summed E-state index contributed by atoms with van der Waals surface area (Å²) in [4.78, 5) is 4.38. The van der Waals surface area contributed by atoms with Crippen molar-refractivity contribution >= 4 is 6.21 Å². The molecule has 0 bridgehead atoms. The number of nitrogens with zero attached hydrogens (tertiary/aromatic N) is 1. The molecule has 0 amide bonds. The molecule has 0 saturated heterocycles. The lowest BCUT2D eigenvalue weighted by Crippen LogP contribution is -2.33. The van der Waals surface area contributed by atoms with E-state index in [0.717, 1.165) is 18.4 Å². The van der Waals surface area contributed by atoms with Crippen LogP contribution in [0.4, 0.5) is 0 Å². The summed E-state index contributed by atoms with van der Waals surface area (Å²) >= 11 is 0. The Hall–Kier alpha value is -2.33. The van der Waals surface area contributed by atoms with E-state index in [0.29, 0.717) is 17.7 Å². The normalized spacial score (nSPS) is 20.4. The van der Waals surface area contributed by atoms with Gasteiger partial charge >= 0.3 is 0 Å². The maximum atomic E-state index is 11.0. The van der Waals surface area contributed by atoms with Crippen molar-refractivity contribution in [3.63, 3.8) is 0 Å². The number of fused-ring (bicyclic) bond motifs is 1. The number of phenolic OH excluding ortho intramolecular Hbond substituents is 1. The molecule has 0 aromatic heterocycles. The Labute approximate surface area is 136 Å². The molecule has 0 spiro atoms. The number of rotatable bonds is 4. The molecule has 0 radical (unpaired) electrons. The van der Waals surface area contributed by atoms with E-state index in [1.54, 1.807) is 24.4 Å². The fraction of sp³-hybridized carbons (Fsp3) is 0.316. The first-order chi connectivity index (χ1) is 11.1. The van der Waals surface area contributed by atoms with Crippen molar-refractivity contribution in [1.29, 1.82) is 0 Å². The second-order valence-electron chi connectivity index (χ2n) is 5.91. The average Bonchev–Trinajstić information content (AvgIpc) is 2.57. The van der Waals surface area contributed by atoms with Gasteiger partial charge in [0.1, 0.15) is 5.60 Å². The molecule has 1 unspecified atom stereocenters. The van der Waals surface area contributed by atoms with Crippen LogP contribution in [0.25, 0.3) is 0 Å². The van der Waals surface area contributed by atoms with Crippen LogP contribution in [0.2, 0.25) is 0 Å². The first-order valence-corrected chi connectivity index (χ1v) is 7.80. The number of aromatic hydroxyl groups is 1. The van der Waals surface area contributed by atoms with Gasteiger partial charge in [-0.3, -0.25) is 4.99 Å². The van der Waals surface area contributed by atoms with Crippen LogP contribution in [-0.2, 0) is 12.0 Å². The van der Waals surface area contributed by atoms with Crippen molar-refractivity contribution < 1.29 is 14.9 Å². The molecule has 0 heterocycles. The minimum absolute atomic E-state index is 0.0646. The second kappa shape index (κ2) is 6.42. The molecule has 0 aliphatic heterocycles. The van der Waals surface area contributed by atoms with E-state index in [1.165, 1.54) is 12.7 Å². The zero-order valence-corrected chi connectivity index (χ0v) is 13.2. The molecule has 2 aromatic rings. The smallest absolute Gasteiger partial charge is 0.166 e. The summed E-state index contributed by atoms with van der Waals surface area (Å²) in [5.74, 6) is 0.477. The zero-order valence-electron chi connectivity index (χ0n) is 13.2. The van der Waals surface area contributed by atoms with Gasteiger partial charge in [-0.1, -0.05) is 30.3 Å². The average molecular weight is 311 g/mol. The Kier molecular flexibility index (Phi) is 4.35. The van der Waals surface area contributed by atoms with Crippen LogP contribution in [0, 0.1) is 0 Å². The number of phenols is 1. The fourth-order valence-electron chi connectivity index (χ4n) is 3.17. The lowest BCUT2D eigenvalue weighted by atomic mass is 9.79.